The number of amides is 1. The molecule has 1 aromatic rings. The molecule has 0 unspecified atom stereocenters. The van der Waals surface area contributed by atoms with Gasteiger partial charge in [-0.3, -0.25) is 4.79 Å². The van der Waals surface area contributed by atoms with Crippen molar-refractivity contribution < 1.29 is 4.79 Å². The molecule has 0 aromatic heterocycles. The number of carbonyl (C=O) groups excluding carboxylic acids is 1. The highest BCUT2D eigenvalue weighted by molar-refractivity contribution is 7.98. The number of thioether (sulfide) groups is 1. The van der Waals surface area contributed by atoms with Crippen molar-refractivity contribution in [3.8, 4) is 0 Å². The predicted octanol–water partition coefficient (Wildman–Crippen LogP) is 2.35. The number of benzene rings is 1. The first-order valence-electron chi connectivity index (χ1n) is 6.06. The average molecular weight is 266 g/mol. The smallest absolute Gasteiger partial charge is 0.243 e. The molecular formula is C14H22N2OS. The van der Waals surface area contributed by atoms with Gasteiger partial charge in [-0.15, -0.1) is 0 Å². The van der Waals surface area contributed by atoms with Gasteiger partial charge in [-0.2, -0.15) is 11.8 Å². The predicted molar refractivity (Wildman–Crippen MR) is 80.3 cm³/mol. The van der Waals surface area contributed by atoms with Crippen molar-refractivity contribution in [1.29, 1.82) is 0 Å². The molecule has 2 N–H and O–H groups in total. The number of hydrogen-bond donors (Lipinski definition) is 1. The fourth-order valence-corrected chi connectivity index (χ4v) is 2.41. The molecule has 0 saturated heterocycles. The maximum atomic E-state index is 12.2. The van der Waals surface area contributed by atoms with Gasteiger partial charge in [0.05, 0.1) is 6.04 Å². The first-order chi connectivity index (χ1) is 8.47. The van der Waals surface area contributed by atoms with E-state index in [9.17, 15) is 4.79 Å². The van der Waals surface area contributed by atoms with E-state index in [4.69, 9.17) is 5.73 Å². The van der Waals surface area contributed by atoms with Crippen LogP contribution in [0.5, 0.6) is 0 Å². The third-order valence-electron chi connectivity index (χ3n) is 2.99. The van der Waals surface area contributed by atoms with Crippen LogP contribution in [0.25, 0.3) is 0 Å². The maximum absolute atomic E-state index is 12.2. The van der Waals surface area contributed by atoms with Crippen molar-refractivity contribution in [2.24, 2.45) is 5.73 Å². The molecule has 1 amide bonds. The van der Waals surface area contributed by atoms with Gasteiger partial charge in [-0.05, 0) is 43.9 Å². The molecular weight excluding hydrogens is 244 g/mol. The first-order valence-corrected chi connectivity index (χ1v) is 7.46. The van der Waals surface area contributed by atoms with E-state index >= 15 is 0 Å². The van der Waals surface area contributed by atoms with Gasteiger partial charge in [-0.25, -0.2) is 0 Å². The standard InChI is InChI=1S/C14H22N2OS/c1-10-5-6-13(11(2)9-10)16(3)14(17)12(15)7-8-18-4/h5-6,9,12H,7-8,15H2,1-4H3/t12-/m1/s1. The largest absolute Gasteiger partial charge is 0.320 e. The summed E-state index contributed by atoms with van der Waals surface area (Å²) in [6.45, 7) is 4.06. The summed E-state index contributed by atoms with van der Waals surface area (Å²) in [5.74, 6) is 0.893. The topological polar surface area (TPSA) is 46.3 Å². The highest BCUT2D eigenvalue weighted by atomic mass is 32.2. The van der Waals surface area contributed by atoms with Crippen molar-refractivity contribution in [3.05, 3.63) is 29.3 Å². The minimum absolute atomic E-state index is 0.0176. The number of rotatable bonds is 5. The number of hydrogen-bond acceptors (Lipinski definition) is 3. The Morgan fingerprint density at radius 1 is 1.44 bits per heavy atom. The SMILES string of the molecule is CSCC[C@@H](N)C(=O)N(C)c1ccc(C)cc1C. The van der Waals surface area contributed by atoms with E-state index < -0.39 is 6.04 Å². The molecule has 0 spiro atoms. The zero-order valence-corrected chi connectivity index (χ0v) is 12.4. The summed E-state index contributed by atoms with van der Waals surface area (Å²) in [7, 11) is 1.79. The van der Waals surface area contributed by atoms with Gasteiger partial charge in [-0.1, -0.05) is 17.7 Å². The Labute approximate surface area is 114 Å². The number of likely N-dealkylation sites (N-methyl/N-ethyl adjacent to an activating group) is 1. The molecule has 1 rings (SSSR count). The van der Waals surface area contributed by atoms with Crippen LogP contribution in [0.3, 0.4) is 0 Å². The van der Waals surface area contributed by atoms with Gasteiger partial charge in [0.1, 0.15) is 0 Å². The van der Waals surface area contributed by atoms with Crippen LogP contribution in [-0.4, -0.2) is 31.0 Å². The van der Waals surface area contributed by atoms with Crippen LogP contribution in [0, 0.1) is 13.8 Å². The van der Waals surface area contributed by atoms with Crippen LogP contribution in [0.4, 0.5) is 5.69 Å². The Kier molecular flexibility index (Phi) is 5.69. The number of nitrogens with zero attached hydrogens (tertiary/aromatic N) is 1. The molecule has 1 aromatic carbocycles. The Bertz CT molecular complexity index is 420. The van der Waals surface area contributed by atoms with E-state index in [0.29, 0.717) is 0 Å². The molecule has 0 aliphatic rings. The Morgan fingerprint density at radius 3 is 2.67 bits per heavy atom. The summed E-state index contributed by atoms with van der Waals surface area (Å²) < 4.78 is 0. The quantitative estimate of drug-likeness (QED) is 0.890. The molecule has 0 aliphatic carbocycles. The fourth-order valence-electron chi connectivity index (χ4n) is 1.92. The van der Waals surface area contributed by atoms with Crippen molar-refractivity contribution >= 4 is 23.4 Å². The van der Waals surface area contributed by atoms with Crippen molar-refractivity contribution in [2.45, 2.75) is 26.3 Å². The second-order valence-electron chi connectivity index (χ2n) is 4.58. The first kappa shape index (κ1) is 15.1. The monoisotopic (exact) mass is 266 g/mol. The Balaban J connectivity index is 2.79. The second kappa shape index (κ2) is 6.81. The summed E-state index contributed by atoms with van der Waals surface area (Å²) in [6, 6.07) is 5.65. The minimum Gasteiger partial charge on any atom is -0.320 e. The van der Waals surface area contributed by atoms with Crippen LogP contribution in [-0.2, 0) is 4.79 Å². The zero-order chi connectivity index (χ0) is 13.7. The van der Waals surface area contributed by atoms with E-state index in [1.165, 1.54) is 5.56 Å². The third-order valence-corrected chi connectivity index (χ3v) is 3.64. The number of anilines is 1. The molecule has 100 valence electrons. The lowest BCUT2D eigenvalue weighted by atomic mass is 10.1. The molecule has 18 heavy (non-hydrogen) atoms. The van der Waals surface area contributed by atoms with Crippen LogP contribution in [0.15, 0.2) is 18.2 Å². The summed E-state index contributed by atoms with van der Waals surface area (Å²) >= 11 is 1.71. The molecule has 0 aliphatic heterocycles. The Morgan fingerprint density at radius 2 is 2.11 bits per heavy atom. The van der Waals surface area contributed by atoms with E-state index in [0.717, 1.165) is 23.4 Å². The van der Waals surface area contributed by atoms with Gasteiger partial charge in [0.25, 0.3) is 0 Å². The molecule has 0 heterocycles. The molecule has 1 atom stereocenters. The van der Waals surface area contributed by atoms with Gasteiger partial charge >= 0.3 is 0 Å². The normalized spacial score (nSPS) is 12.3. The number of nitrogens with two attached hydrogens (primary N) is 1. The van der Waals surface area contributed by atoms with E-state index in [-0.39, 0.29) is 5.91 Å². The van der Waals surface area contributed by atoms with Crippen LogP contribution in [0.1, 0.15) is 17.5 Å². The van der Waals surface area contributed by atoms with Crippen molar-refractivity contribution in [1.82, 2.24) is 0 Å². The molecule has 4 heteroatoms. The summed E-state index contributed by atoms with van der Waals surface area (Å²) in [5, 5.41) is 0. The number of aryl methyl sites for hydroxylation is 2. The second-order valence-corrected chi connectivity index (χ2v) is 5.56. The van der Waals surface area contributed by atoms with E-state index in [1.807, 2.05) is 32.2 Å². The Hall–Kier alpha value is -1.00. The summed E-state index contributed by atoms with van der Waals surface area (Å²) in [5.41, 5.74) is 9.15. The van der Waals surface area contributed by atoms with Crippen LogP contribution >= 0.6 is 11.8 Å². The van der Waals surface area contributed by atoms with Crippen molar-refractivity contribution in [2.75, 3.05) is 24.0 Å². The lowest BCUT2D eigenvalue weighted by molar-refractivity contribution is -0.119. The molecule has 3 nitrogen and oxygen atoms in total. The van der Waals surface area contributed by atoms with Gasteiger partial charge in [0, 0.05) is 12.7 Å². The highest BCUT2D eigenvalue weighted by Gasteiger charge is 2.19. The van der Waals surface area contributed by atoms with Gasteiger partial charge < -0.3 is 10.6 Å². The average Bonchev–Trinajstić information content (AvgIpc) is 2.34. The van der Waals surface area contributed by atoms with Gasteiger partial charge in [0.2, 0.25) is 5.91 Å². The lowest BCUT2D eigenvalue weighted by Gasteiger charge is -2.23. The van der Waals surface area contributed by atoms with Crippen LogP contribution < -0.4 is 10.6 Å². The summed E-state index contributed by atoms with van der Waals surface area (Å²) in [6.07, 6.45) is 2.74. The fraction of sp³-hybridized carbons (Fsp3) is 0.500. The molecule has 0 fully saturated rings. The molecule has 0 radical (unpaired) electrons. The van der Waals surface area contributed by atoms with E-state index in [2.05, 4.69) is 6.07 Å². The molecule has 0 bridgehead atoms. The van der Waals surface area contributed by atoms with Crippen LogP contribution in [0.2, 0.25) is 0 Å². The number of carbonyl (C=O) groups is 1. The zero-order valence-electron chi connectivity index (χ0n) is 11.6. The highest BCUT2D eigenvalue weighted by Crippen LogP contribution is 2.20. The van der Waals surface area contributed by atoms with E-state index in [1.54, 1.807) is 23.7 Å². The van der Waals surface area contributed by atoms with Crippen molar-refractivity contribution in [3.63, 3.8) is 0 Å². The van der Waals surface area contributed by atoms with Gasteiger partial charge in [0.15, 0.2) is 0 Å². The minimum atomic E-state index is -0.414. The summed E-state index contributed by atoms with van der Waals surface area (Å²) in [4.78, 5) is 13.8. The maximum Gasteiger partial charge on any atom is 0.243 e. The lowest BCUT2D eigenvalue weighted by Crippen LogP contribution is -2.42. The molecule has 0 saturated carbocycles. The third kappa shape index (κ3) is 3.75.